The number of H-pyrrole nitrogens is 1. The van der Waals surface area contributed by atoms with Gasteiger partial charge >= 0.3 is 5.95 Å². The van der Waals surface area contributed by atoms with E-state index in [0.29, 0.717) is 0 Å². The second-order valence-electron chi connectivity index (χ2n) is 4.38. The summed E-state index contributed by atoms with van der Waals surface area (Å²) in [6.07, 6.45) is -0.893. The SMILES string of the molecule is Nc1nc2nc[n+](C3C[C@H](O)[C@@H](CO)O3)c(F)c2[nH]1. The second-order valence-corrected chi connectivity index (χ2v) is 4.38. The summed E-state index contributed by atoms with van der Waals surface area (Å²) in [5.74, 6) is -0.565. The van der Waals surface area contributed by atoms with Crippen LogP contribution in [0.5, 0.6) is 0 Å². The Morgan fingerprint density at radius 3 is 3.11 bits per heavy atom. The van der Waals surface area contributed by atoms with E-state index in [1.54, 1.807) is 0 Å². The van der Waals surface area contributed by atoms with Crippen molar-refractivity contribution in [1.29, 1.82) is 0 Å². The highest BCUT2D eigenvalue weighted by atomic mass is 19.1. The van der Waals surface area contributed by atoms with Gasteiger partial charge in [0.15, 0.2) is 5.52 Å². The average molecular weight is 270 g/mol. The number of ether oxygens (including phenoxy) is 1. The van der Waals surface area contributed by atoms with Crippen LogP contribution in [0.25, 0.3) is 11.2 Å². The second kappa shape index (κ2) is 4.37. The third kappa shape index (κ3) is 1.91. The lowest BCUT2D eigenvalue weighted by atomic mass is 10.2. The van der Waals surface area contributed by atoms with E-state index in [0.717, 1.165) is 4.57 Å². The van der Waals surface area contributed by atoms with Gasteiger partial charge in [-0.1, -0.05) is 0 Å². The zero-order valence-electron chi connectivity index (χ0n) is 9.82. The molecule has 0 radical (unpaired) electrons. The quantitative estimate of drug-likeness (QED) is 0.394. The molecule has 5 N–H and O–H groups in total. The standard InChI is InChI=1S/C10H12FN5O3/c11-8-7-9(15-10(12)14-7)13-3-16(8)6-1-4(18)5(2-17)19-6/h3-6,17-18H,1-2H2,(H2,12,14)/p+1/t4-,5+,6?/m0/s1. The number of nitrogens with two attached hydrogens (primary N) is 1. The van der Waals surface area contributed by atoms with E-state index in [-0.39, 0.29) is 30.1 Å². The number of rotatable bonds is 2. The Morgan fingerprint density at radius 2 is 2.42 bits per heavy atom. The van der Waals surface area contributed by atoms with Gasteiger partial charge in [-0.15, -0.1) is 0 Å². The lowest BCUT2D eigenvalue weighted by molar-refractivity contribution is -0.783. The zero-order valence-corrected chi connectivity index (χ0v) is 9.82. The third-order valence-corrected chi connectivity index (χ3v) is 3.13. The molecule has 0 bridgehead atoms. The van der Waals surface area contributed by atoms with E-state index >= 15 is 0 Å². The first-order valence-corrected chi connectivity index (χ1v) is 5.75. The molecule has 0 spiro atoms. The van der Waals surface area contributed by atoms with Gasteiger partial charge in [-0.25, -0.2) is 0 Å². The number of anilines is 1. The predicted octanol–water partition coefficient (Wildman–Crippen LogP) is -1.39. The molecule has 1 saturated heterocycles. The van der Waals surface area contributed by atoms with Gasteiger partial charge in [0, 0.05) is 6.42 Å². The smallest absolute Gasteiger partial charge is 0.310 e. The van der Waals surface area contributed by atoms with Crippen molar-refractivity contribution >= 4 is 17.1 Å². The number of aromatic amines is 1. The maximum absolute atomic E-state index is 14.3. The highest BCUT2D eigenvalue weighted by molar-refractivity contribution is 5.71. The third-order valence-electron chi connectivity index (χ3n) is 3.13. The number of aliphatic hydroxyl groups excluding tert-OH is 2. The number of nitrogens with one attached hydrogen (secondary N) is 1. The number of nitrogen functional groups attached to an aromatic ring is 1. The van der Waals surface area contributed by atoms with Crippen LogP contribution in [0.3, 0.4) is 0 Å². The van der Waals surface area contributed by atoms with Crippen molar-refractivity contribution in [3.05, 3.63) is 12.3 Å². The Bertz CT molecular complexity index is 618. The molecule has 19 heavy (non-hydrogen) atoms. The lowest BCUT2D eigenvalue weighted by Crippen LogP contribution is -2.44. The molecule has 9 heteroatoms. The largest absolute Gasteiger partial charge is 0.394 e. The summed E-state index contributed by atoms with van der Waals surface area (Å²) in [5.41, 5.74) is 5.69. The van der Waals surface area contributed by atoms with Gasteiger partial charge in [0.25, 0.3) is 12.0 Å². The van der Waals surface area contributed by atoms with E-state index in [2.05, 4.69) is 15.0 Å². The van der Waals surface area contributed by atoms with Gasteiger partial charge < -0.3 is 25.7 Å². The number of aliphatic hydroxyl groups is 2. The van der Waals surface area contributed by atoms with E-state index in [1.165, 1.54) is 6.33 Å². The molecule has 3 heterocycles. The predicted molar refractivity (Wildman–Crippen MR) is 60.1 cm³/mol. The van der Waals surface area contributed by atoms with Crippen LogP contribution in [0.2, 0.25) is 0 Å². The first-order chi connectivity index (χ1) is 9.10. The molecule has 1 fully saturated rings. The van der Waals surface area contributed by atoms with Gasteiger partial charge in [0.2, 0.25) is 12.2 Å². The van der Waals surface area contributed by atoms with Gasteiger partial charge in [-0.05, 0) is 4.98 Å². The molecule has 2 aromatic heterocycles. The number of hydrogen-bond acceptors (Lipinski definition) is 6. The van der Waals surface area contributed by atoms with Crippen LogP contribution in [-0.2, 0) is 4.74 Å². The summed E-state index contributed by atoms with van der Waals surface area (Å²) in [7, 11) is 0. The van der Waals surface area contributed by atoms with Gasteiger partial charge in [0.1, 0.15) is 6.10 Å². The summed E-state index contributed by atoms with van der Waals surface area (Å²) in [6, 6.07) is 0. The average Bonchev–Trinajstić information content (AvgIpc) is 2.92. The van der Waals surface area contributed by atoms with E-state index in [4.69, 9.17) is 15.6 Å². The summed E-state index contributed by atoms with van der Waals surface area (Å²) >= 11 is 0. The Hall–Kier alpha value is -1.84. The maximum Gasteiger partial charge on any atom is 0.310 e. The van der Waals surface area contributed by atoms with Crippen molar-refractivity contribution < 1.29 is 23.9 Å². The molecule has 0 aliphatic carbocycles. The molecule has 0 saturated carbocycles. The van der Waals surface area contributed by atoms with Crippen LogP contribution in [0.15, 0.2) is 6.33 Å². The fourth-order valence-electron chi connectivity index (χ4n) is 2.17. The van der Waals surface area contributed by atoms with Crippen molar-refractivity contribution in [2.45, 2.75) is 24.9 Å². The number of hydrogen-bond donors (Lipinski definition) is 4. The molecule has 3 rings (SSSR count). The molecule has 0 aromatic carbocycles. The van der Waals surface area contributed by atoms with E-state index in [9.17, 15) is 9.50 Å². The van der Waals surface area contributed by atoms with Crippen molar-refractivity contribution in [1.82, 2.24) is 15.0 Å². The minimum atomic E-state index is -0.843. The molecule has 1 aliphatic heterocycles. The Balaban J connectivity index is 1.99. The molecular formula is C10H13FN5O3+. The van der Waals surface area contributed by atoms with Crippen molar-refractivity contribution in [3.63, 3.8) is 0 Å². The normalized spacial score (nSPS) is 27.2. The van der Waals surface area contributed by atoms with Crippen LogP contribution < -0.4 is 10.3 Å². The first kappa shape index (κ1) is 12.2. The van der Waals surface area contributed by atoms with E-state index < -0.39 is 24.4 Å². The molecular weight excluding hydrogens is 257 g/mol. The Morgan fingerprint density at radius 1 is 1.63 bits per heavy atom. The molecule has 3 atom stereocenters. The fraction of sp³-hybridized carbons (Fsp3) is 0.500. The Kier molecular flexibility index (Phi) is 2.81. The summed E-state index contributed by atoms with van der Waals surface area (Å²) in [6.45, 7) is -0.327. The number of fused-ring (bicyclic) bond motifs is 1. The monoisotopic (exact) mass is 270 g/mol. The van der Waals surface area contributed by atoms with Crippen LogP contribution in [0.4, 0.5) is 10.3 Å². The first-order valence-electron chi connectivity index (χ1n) is 5.75. The Labute approximate surface area is 106 Å². The van der Waals surface area contributed by atoms with E-state index in [1.807, 2.05) is 0 Å². The lowest BCUT2D eigenvalue weighted by Gasteiger charge is -2.10. The van der Waals surface area contributed by atoms with Crippen molar-refractivity contribution in [2.75, 3.05) is 12.3 Å². The zero-order chi connectivity index (χ0) is 13.6. The van der Waals surface area contributed by atoms with Crippen LogP contribution >= 0.6 is 0 Å². The number of aromatic nitrogens is 4. The van der Waals surface area contributed by atoms with Gasteiger partial charge in [-0.3, -0.25) is 0 Å². The summed E-state index contributed by atoms with van der Waals surface area (Å²) in [5, 5.41) is 18.7. The summed E-state index contributed by atoms with van der Waals surface area (Å²) in [4.78, 5) is 10.3. The highest BCUT2D eigenvalue weighted by Gasteiger charge is 2.39. The molecule has 102 valence electrons. The van der Waals surface area contributed by atoms with Gasteiger partial charge in [0.05, 0.1) is 12.7 Å². The van der Waals surface area contributed by atoms with Crippen LogP contribution in [0.1, 0.15) is 12.6 Å². The maximum atomic E-state index is 14.3. The number of imidazole rings is 1. The molecule has 1 unspecified atom stereocenters. The number of nitrogens with zero attached hydrogens (tertiary/aromatic N) is 3. The van der Waals surface area contributed by atoms with Crippen molar-refractivity contribution in [2.24, 2.45) is 0 Å². The van der Waals surface area contributed by atoms with Gasteiger partial charge in [-0.2, -0.15) is 13.9 Å². The highest BCUT2D eigenvalue weighted by Crippen LogP contribution is 2.25. The molecule has 2 aromatic rings. The molecule has 1 aliphatic rings. The topological polar surface area (TPSA) is 121 Å². The molecule has 8 nitrogen and oxygen atoms in total. The minimum Gasteiger partial charge on any atom is -0.394 e. The van der Waals surface area contributed by atoms with Crippen LogP contribution in [0, 0.1) is 5.95 Å². The van der Waals surface area contributed by atoms with Crippen molar-refractivity contribution in [3.8, 4) is 0 Å². The molecule has 0 amide bonds. The fourth-order valence-corrected chi connectivity index (χ4v) is 2.17. The summed E-state index contributed by atoms with van der Waals surface area (Å²) < 4.78 is 20.8. The number of halogens is 1. The minimum absolute atomic E-state index is 0.0692. The van der Waals surface area contributed by atoms with Crippen LogP contribution in [-0.4, -0.2) is 44.0 Å².